The first-order valence-electron chi connectivity index (χ1n) is 13.1. The number of tetrazole rings is 1. The van der Waals surface area contributed by atoms with E-state index in [0.717, 1.165) is 42.5 Å². The summed E-state index contributed by atoms with van der Waals surface area (Å²) in [7, 11) is 1.52. The Morgan fingerprint density at radius 1 is 1.21 bits per heavy atom. The predicted octanol–water partition coefficient (Wildman–Crippen LogP) is 3.88. The minimum Gasteiger partial charge on any atom is -0.376 e. The molecule has 3 fully saturated rings. The molecule has 1 aliphatic carbocycles. The van der Waals surface area contributed by atoms with Crippen LogP contribution in [0.4, 0.5) is 27.5 Å². The Labute approximate surface area is 219 Å². The quantitative estimate of drug-likeness (QED) is 0.473. The summed E-state index contributed by atoms with van der Waals surface area (Å²) in [5.74, 6) is 0.302. The van der Waals surface area contributed by atoms with E-state index in [-0.39, 0.29) is 29.1 Å². The number of fused-ring (bicyclic) bond motifs is 1. The zero-order valence-corrected chi connectivity index (χ0v) is 21.8. The van der Waals surface area contributed by atoms with Crippen LogP contribution in [0.3, 0.4) is 0 Å². The van der Waals surface area contributed by atoms with Crippen molar-refractivity contribution in [2.45, 2.75) is 75.9 Å². The van der Waals surface area contributed by atoms with E-state index in [0.29, 0.717) is 23.2 Å². The molecule has 0 amide bonds. The fourth-order valence-corrected chi connectivity index (χ4v) is 6.10. The molecule has 11 nitrogen and oxygen atoms in total. The first-order chi connectivity index (χ1) is 18.2. The molecular weight excluding hydrogens is 487 g/mol. The summed E-state index contributed by atoms with van der Waals surface area (Å²) in [6, 6.07) is 3.68. The molecule has 2 N–H and O–H groups in total. The topological polar surface area (TPSA) is 110 Å². The summed E-state index contributed by atoms with van der Waals surface area (Å²) < 4.78 is 17.6. The van der Waals surface area contributed by atoms with Crippen LogP contribution in [0.1, 0.15) is 63.9 Å². The Morgan fingerprint density at radius 2 is 2.03 bits per heavy atom. The van der Waals surface area contributed by atoms with Gasteiger partial charge in [0.15, 0.2) is 0 Å². The lowest BCUT2D eigenvalue weighted by molar-refractivity contribution is 0.0501. The SMILES string of the molecule is [C-]#[N+]c1cnc(Nc2cc(-n3nnn(C)c3=O)c(C3CC3)cc2F)nc1N[C@H]1C[C@H]2CCCN2C(C)(C)C1. The van der Waals surface area contributed by atoms with Gasteiger partial charge >= 0.3 is 5.69 Å². The van der Waals surface area contributed by atoms with Crippen molar-refractivity contribution in [3.63, 3.8) is 0 Å². The van der Waals surface area contributed by atoms with Crippen LogP contribution >= 0.6 is 0 Å². The second kappa shape index (κ2) is 9.16. The van der Waals surface area contributed by atoms with E-state index in [9.17, 15) is 4.79 Å². The molecule has 1 aromatic carbocycles. The van der Waals surface area contributed by atoms with Crippen LogP contribution in [0.25, 0.3) is 10.5 Å². The minimum absolute atomic E-state index is 0.0602. The molecule has 3 aliphatic rings. The fraction of sp³-hybridized carbons (Fsp3) is 0.538. The van der Waals surface area contributed by atoms with Gasteiger partial charge in [0, 0.05) is 30.9 Å². The Balaban J connectivity index is 1.30. The minimum atomic E-state index is -0.477. The monoisotopic (exact) mass is 518 g/mol. The average molecular weight is 519 g/mol. The van der Waals surface area contributed by atoms with Gasteiger partial charge in [0.25, 0.3) is 0 Å². The van der Waals surface area contributed by atoms with E-state index >= 15 is 4.39 Å². The molecule has 0 unspecified atom stereocenters. The maximum Gasteiger partial charge on any atom is 0.368 e. The Morgan fingerprint density at radius 3 is 2.74 bits per heavy atom. The average Bonchev–Trinajstić information content (AvgIpc) is 3.52. The molecule has 3 aromatic rings. The number of hydrogen-bond donors (Lipinski definition) is 2. The second-order valence-corrected chi connectivity index (χ2v) is 11.2. The number of rotatable bonds is 6. The lowest BCUT2D eigenvalue weighted by Gasteiger charge is -2.48. The first-order valence-corrected chi connectivity index (χ1v) is 13.1. The Hall–Kier alpha value is -3.85. The van der Waals surface area contributed by atoms with Crippen molar-refractivity contribution in [1.82, 2.24) is 34.7 Å². The second-order valence-electron chi connectivity index (χ2n) is 11.2. The number of piperidine rings is 1. The van der Waals surface area contributed by atoms with Crippen LogP contribution in [-0.4, -0.2) is 58.8 Å². The summed E-state index contributed by atoms with van der Waals surface area (Å²) in [4.78, 5) is 27.6. The standard InChI is InChI=1S/C26H31FN10O/c1-26(2)13-16(10-17-6-5-9-36(17)26)30-23-21(28-3)14-29-24(32-23)31-20-12-22(37-25(38)35(4)33-34-37)18(11-19(20)27)15-7-8-15/h11-12,14-17H,5-10,13H2,1-2,4H3,(H2,29,30,31,32)/t16-,17+/m0/s1. The molecule has 0 radical (unpaired) electrons. The molecule has 0 spiro atoms. The summed E-state index contributed by atoms with van der Waals surface area (Å²) in [6.07, 6.45) is 7.63. The third-order valence-corrected chi connectivity index (χ3v) is 8.02. The van der Waals surface area contributed by atoms with Crippen LogP contribution < -0.4 is 16.3 Å². The molecule has 198 valence electrons. The summed E-state index contributed by atoms with van der Waals surface area (Å²) in [6.45, 7) is 13.3. The Kier molecular flexibility index (Phi) is 5.90. The number of nitrogens with one attached hydrogen (secondary N) is 2. The largest absolute Gasteiger partial charge is 0.376 e. The summed E-state index contributed by atoms with van der Waals surface area (Å²) in [5, 5.41) is 14.2. The van der Waals surface area contributed by atoms with Gasteiger partial charge in [-0.15, -0.1) is 0 Å². The first kappa shape index (κ1) is 24.5. The third kappa shape index (κ3) is 4.41. The Bertz CT molecular complexity index is 1480. The molecular formula is C26H31FN10O. The smallest absolute Gasteiger partial charge is 0.368 e. The maximum absolute atomic E-state index is 15.2. The van der Waals surface area contributed by atoms with Gasteiger partial charge in [-0.3, -0.25) is 4.90 Å². The number of aromatic nitrogens is 6. The van der Waals surface area contributed by atoms with Gasteiger partial charge in [0.05, 0.1) is 17.9 Å². The van der Waals surface area contributed by atoms with Crippen molar-refractivity contribution >= 4 is 23.1 Å². The highest BCUT2D eigenvalue weighted by molar-refractivity contribution is 5.68. The zero-order valence-electron chi connectivity index (χ0n) is 21.8. The molecule has 2 saturated heterocycles. The van der Waals surface area contributed by atoms with Crippen LogP contribution in [0.15, 0.2) is 23.1 Å². The fourth-order valence-electron chi connectivity index (χ4n) is 6.10. The lowest BCUT2D eigenvalue weighted by Crippen LogP contribution is -2.55. The van der Waals surface area contributed by atoms with Gasteiger partial charge in [-0.25, -0.2) is 24.0 Å². The molecule has 4 heterocycles. The van der Waals surface area contributed by atoms with E-state index < -0.39 is 11.5 Å². The number of aryl methyl sites for hydroxylation is 1. The van der Waals surface area contributed by atoms with E-state index in [1.807, 2.05) is 0 Å². The summed E-state index contributed by atoms with van der Waals surface area (Å²) in [5.41, 5.74) is 1.29. The molecule has 38 heavy (non-hydrogen) atoms. The summed E-state index contributed by atoms with van der Waals surface area (Å²) >= 11 is 0. The molecule has 12 heteroatoms. The van der Waals surface area contributed by atoms with Crippen LogP contribution in [0.2, 0.25) is 0 Å². The molecule has 2 aliphatic heterocycles. The van der Waals surface area contributed by atoms with Gasteiger partial charge in [-0.2, -0.15) is 9.36 Å². The number of anilines is 3. The molecule has 2 atom stereocenters. The highest BCUT2D eigenvalue weighted by Crippen LogP contribution is 2.44. The zero-order chi connectivity index (χ0) is 26.6. The molecule has 6 rings (SSSR count). The number of halogens is 1. The normalized spacial score (nSPS) is 22.6. The van der Waals surface area contributed by atoms with E-state index in [4.69, 9.17) is 6.57 Å². The number of benzene rings is 1. The van der Waals surface area contributed by atoms with E-state index in [1.165, 1.54) is 36.8 Å². The van der Waals surface area contributed by atoms with Crippen molar-refractivity contribution in [2.75, 3.05) is 17.2 Å². The molecule has 2 aromatic heterocycles. The van der Waals surface area contributed by atoms with Crippen LogP contribution in [-0.2, 0) is 7.05 Å². The highest BCUT2D eigenvalue weighted by Gasteiger charge is 2.43. The molecule has 1 saturated carbocycles. The van der Waals surface area contributed by atoms with Crippen molar-refractivity contribution < 1.29 is 4.39 Å². The van der Waals surface area contributed by atoms with Crippen molar-refractivity contribution in [2.24, 2.45) is 7.05 Å². The predicted molar refractivity (Wildman–Crippen MR) is 141 cm³/mol. The van der Waals surface area contributed by atoms with Crippen molar-refractivity contribution in [3.05, 3.63) is 51.6 Å². The molecule has 0 bridgehead atoms. The van der Waals surface area contributed by atoms with Gasteiger partial charge in [-0.1, -0.05) is 0 Å². The van der Waals surface area contributed by atoms with Crippen LogP contribution in [0.5, 0.6) is 0 Å². The third-order valence-electron chi connectivity index (χ3n) is 8.02. The highest BCUT2D eigenvalue weighted by atomic mass is 19.1. The van der Waals surface area contributed by atoms with Gasteiger partial charge < -0.3 is 10.6 Å². The lowest BCUT2D eigenvalue weighted by atomic mass is 9.84. The van der Waals surface area contributed by atoms with Gasteiger partial charge in [0.2, 0.25) is 11.6 Å². The maximum atomic E-state index is 15.2. The van der Waals surface area contributed by atoms with Gasteiger partial charge in [-0.05, 0) is 93.0 Å². The van der Waals surface area contributed by atoms with Gasteiger partial charge in [0.1, 0.15) is 11.6 Å². The van der Waals surface area contributed by atoms with E-state index in [1.54, 1.807) is 6.07 Å². The number of nitrogens with zero attached hydrogens (tertiary/aromatic N) is 8. The van der Waals surface area contributed by atoms with Crippen molar-refractivity contribution in [3.8, 4) is 5.69 Å². The van der Waals surface area contributed by atoms with E-state index in [2.05, 4.69) is 54.6 Å². The number of hydrogen-bond acceptors (Lipinski definition) is 8. The van der Waals surface area contributed by atoms with Crippen molar-refractivity contribution in [1.29, 1.82) is 0 Å². The van der Waals surface area contributed by atoms with Crippen LogP contribution in [0, 0.1) is 12.4 Å².